The fraction of sp³-hybridized carbons (Fsp3) is 0.500. The Labute approximate surface area is 108 Å². The molecule has 0 saturated heterocycles. The van der Waals surface area contributed by atoms with Gasteiger partial charge in [-0.3, -0.25) is 14.4 Å². The van der Waals surface area contributed by atoms with Crippen LogP contribution >= 0.6 is 0 Å². The Morgan fingerprint density at radius 1 is 0.947 bits per heavy atom. The number of azide groups is 1. The van der Waals surface area contributed by atoms with Crippen molar-refractivity contribution in [3.8, 4) is 0 Å². The third kappa shape index (κ3) is 2.66. The topological polar surface area (TPSA) is 137 Å². The Morgan fingerprint density at radius 3 is 1.53 bits per heavy atom. The molecule has 0 aromatic rings. The van der Waals surface area contributed by atoms with Gasteiger partial charge in [-0.15, -0.1) is 10.5 Å². The smallest absolute Gasteiger partial charge is 0.298 e. The molecule has 0 aliphatic rings. The Bertz CT molecular complexity index is 480. The molecule has 0 saturated carbocycles. The minimum atomic E-state index is -2.65. The maximum Gasteiger partial charge on any atom is 0.349 e. The average Bonchev–Trinajstić information content (AvgIpc) is 2.24. The molecule has 0 atom stereocenters. The van der Waals surface area contributed by atoms with Gasteiger partial charge in [0, 0.05) is 6.92 Å². The summed E-state index contributed by atoms with van der Waals surface area (Å²) in [5.41, 5.74) is 5.62. The lowest BCUT2D eigenvalue weighted by Gasteiger charge is -2.24. The summed E-state index contributed by atoms with van der Waals surface area (Å²) in [4.78, 5) is 60.3. The highest BCUT2D eigenvalue weighted by Crippen LogP contribution is 2.25. The lowest BCUT2D eigenvalue weighted by molar-refractivity contribution is -0.160. The van der Waals surface area contributed by atoms with E-state index in [9.17, 15) is 24.0 Å². The van der Waals surface area contributed by atoms with Crippen LogP contribution in [0.4, 0.5) is 0 Å². The number of hydrogen-bond donors (Lipinski definition) is 0. The van der Waals surface area contributed by atoms with Crippen LogP contribution in [0.2, 0.25) is 0 Å². The molecule has 0 aliphatic heterocycles. The standard InChI is InChI=1S/C10H12N4O5/c1-5(15)10(6(2)16,7(3)17)9(19)14(8(4)18)13-12-11/h1-4H3. The summed E-state index contributed by atoms with van der Waals surface area (Å²) in [6.45, 7) is 3.50. The van der Waals surface area contributed by atoms with Crippen LogP contribution < -0.4 is 0 Å². The van der Waals surface area contributed by atoms with Gasteiger partial charge in [-0.05, 0) is 26.0 Å². The molecule has 19 heavy (non-hydrogen) atoms. The molecule has 0 unspecified atom stereocenters. The number of rotatable bonds is 5. The first-order valence-corrected chi connectivity index (χ1v) is 5.07. The fourth-order valence-electron chi connectivity index (χ4n) is 1.64. The van der Waals surface area contributed by atoms with Crippen molar-refractivity contribution < 1.29 is 24.0 Å². The second-order valence-electron chi connectivity index (χ2n) is 3.73. The van der Waals surface area contributed by atoms with Crippen molar-refractivity contribution in [1.82, 2.24) is 5.01 Å². The van der Waals surface area contributed by atoms with Crippen LogP contribution in [0, 0.1) is 5.41 Å². The van der Waals surface area contributed by atoms with Crippen molar-refractivity contribution >= 4 is 29.2 Å². The number of carbonyl (C=O) groups is 5. The molecule has 0 bridgehead atoms. The molecular weight excluding hydrogens is 256 g/mol. The second-order valence-corrected chi connectivity index (χ2v) is 3.73. The first kappa shape index (κ1) is 16.5. The molecule has 102 valence electrons. The summed E-state index contributed by atoms with van der Waals surface area (Å²) in [6.07, 6.45) is 0. The van der Waals surface area contributed by atoms with E-state index in [2.05, 4.69) is 10.1 Å². The van der Waals surface area contributed by atoms with Gasteiger partial charge in [0.1, 0.15) is 0 Å². The molecule has 0 aliphatic carbocycles. The van der Waals surface area contributed by atoms with E-state index in [1.54, 1.807) is 0 Å². The zero-order chi connectivity index (χ0) is 15.4. The molecule has 0 spiro atoms. The van der Waals surface area contributed by atoms with Gasteiger partial charge in [-0.1, -0.05) is 0 Å². The second kappa shape index (κ2) is 5.87. The highest BCUT2D eigenvalue weighted by Gasteiger charge is 2.58. The van der Waals surface area contributed by atoms with E-state index in [-0.39, 0.29) is 5.01 Å². The molecule has 0 radical (unpaired) electrons. The van der Waals surface area contributed by atoms with Gasteiger partial charge < -0.3 is 0 Å². The Morgan fingerprint density at radius 2 is 1.32 bits per heavy atom. The van der Waals surface area contributed by atoms with Crippen molar-refractivity contribution in [3.05, 3.63) is 10.4 Å². The summed E-state index contributed by atoms with van der Waals surface area (Å²) in [6, 6.07) is 0. The molecule has 9 nitrogen and oxygen atoms in total. The van der Waals surface area contributed by atoms with E-state index >= 15 is 0 Å². The molecular formula is C10H12N4O5. The van der Waals surface area contributed by atoms with Crippen molar-refractivity contribution in [2.75, 3.05) is 0 Å². The van der Waals surface area contributed by atoms with Gasteiger partial charge in [0.25, 0.3) is 0 Å². The number of amides is 2. The minimum Gasteiger partial charge on any atom is -0.298 e. The quantitative estimate of drug-likeness (QED) is 0.232. The third-order valence-corrected chi connectivity index (χ3v) is 2.53. The predicted molar refractivity (Wildman–Crippen MR) is 61.1 cm³/mol. The average molecular weight is 268 g/mol. The number of ketones is 3. The summed E-state index contributed by atoms with van der Waals surface area (Å²) >= 11 is 0. The number of nitrogens with zero attached hydrogens (tertiary/aromatic N) is 4. The minimum absolute atomic E-state index is 0.00972. The Kier molecular flexibility index (Phi) is 5.09. The van der Waals surface area contributed by atoms with Crippen LogP contribution in [-0.4, -0.2) is 34.2 Å². The highest BCUT2D eigenvalue weighted by atomic mass is 16.2. The number of Topliss-reactive ketones (excluding diaryl/α,β-unsaturated/α-hetero) is 3. The summed E-state index contributed by atoms with van der Waals surface area (Å²) < 4.78 is 0. The van der Waals surface area contributed by atoms with Crippen molar-refractivity contribution in [2.24, 2.45) is 10.6 Å². The van der Waals surface area contributed by atoms with Gasteiger partial charge in [-0.2, -0.15) is 4.91 Å². The zero-order valence-electron chi connectivity index (χ0n) is 10.8. The molecule has 2 amide bonds. The predicted octanol–water partition coefficient (Wildman–Crippen LogP) is 0.340. The summed E-state index contributed by atoms with van der Waals surface area (Å²) in [5.74, 6) is -5.62. The van der Waals surface area contributed by atoms with Crippen LogP contribution in [0.25, 0.3) is 10.4 Å². The van der Waals surface area contributed by atoms with Crippen LogP contribution in [0.15, 0.2) is 5.22 Å². The Balaban J connectivity index is 6.17. The SMILES string of the molecule is CC(=O)N(N=[N+]=[N-])C(=O)C(C(C)=O)(C(C)=O)C(C)=O. The van der Waals surface area contributed by atoms with Gasteiger partial charge in [0.2, 0.25) is 5.41 Å². The van der Waals surface area contributed by atoms with Gasteiger partial charge >= 0.3 is 11.8 Å². The van der Waals surface area contributed by atoms with Crippen LogP contribution in [-0.2, 0) is 24.0 Å². The van der Waals surface area contributed by atoms with Crippen molar-refractivity contribution in [3.63, 3.8) is 0 Å². The van der Waals surface area contributed by atoms with Gasteiger partial charge in [-0.25, -0.2) is 9.59 Å². The maximum absolute atomic E-state index is 12.1. The van der Waals surface area contributed by atoms with Crippen molar-refractivity contribution in [1.29, 1.82) is 0 Å². The van der Waals surface area contributed by atoms with Crippen LogP contribution in [0.5, 0.6) is 0 Å². The Hall–Kier alpha value is -2.54. The van der Waals surface area contributed by atoms with Gasteiger partial charge in [0.05, 0.1) is 0 Å². The van der Waals surface area contributed by atoms with E-state index in [0.717, 1.165) is 27.7 Å². The molecule has 0 aromatic heterocycles. The largest absolute Gasteiger partial charge is 0.349 e. The fourth-order valence-corrected chi connectivity index (χ4v) is 1.64. The lowest BCUT2D eigenvalue weighted by Crippen LogP contribution is -2.55. The first-order valence-electron chi connectivity index (χ1n) is 5.07. The normalized spacial score (nSPS) is 10.1. The summed E-state index contributed by atoms with van der Waals surface area (Å²) in [7, 11) is 0. The highest BCUT2D eigenvalue weighted by molar-refractivity contribution is 6.38. The van der Waals surface area contributed by atoms with E-state index < -0.39 is 34.6 Å². The zero-order valence-corrected chi connectivity index (χ0v) is 10.8. The summed E-state index contributed by atoms with van der Waals surface area (Å²) in [5, 5.41) is 2.79. The molecule has 9 heteroatoms. The maximum atomic E-state index is 12.1. The molecule has 0 heterocycles. The van der Waals surface area contributed by atoms with Crippen molar-refractivity contribution in [2.45, 2.75) is 27.7 Å². The first-order chi connectivity index (χ1) is 8.63. The third-order valence-electron chi connectivity index (χ3n) is 2.53. The van der Waals surface area contributed by atoms with Crippen LogP contribution in [0.3, 0.4) is 0 Å². The molecule has 0 fully saturated rings. The van der Waals surface area contributed by atoms with E-state index in [4.69, 9.17) is 5.53 Å². The van der Waals surface area contributed by atoms with E-state index in [1.165, 1.54) is 0 Å². The number of imide groups is 1. The molecule has 0 rings (SSSR count). The van der Waals surface area contributed by atoms with Crippen LogP contribution in [0.1, 0.15) is 27.7 Å². The number of carbonyl (C=O) groups excluding carboxylic acids is 5. The molecule has 0 aromatic carbocycles. The molecule has 0 N–H and O–H groups in total. The van der Waals surface area contributed by atoms with E-state index in [1.807, 2.05) is 0 Å². The van der Waals surface area contributed by atoms with E-state index in [0.29, 0.717) is 0 Å². The lowest BCUT2D eigenvalue weighted by atomic mass is 9.75. The van der Waals surface area contributed by atoms with Gasteiger partial charge in [0.15, 0.2) is 17.3 Å². The number of hydrogen-bond acceptors (Lipinski definition) is 6. The monoisotopic (exact) mass is 268 g/mol.